The Balaban J connectivity index is 1.68. The number of para-hydroxylation sites is 2. The lowest BCUT2D eigenvalue weighted by Crippen LogP contribution is -2.47. The Morgan fingerprint density at radius 1 is 0.950 bits per heavy atom. The number of benzene rings is 1. The molecule has 5 nitrogen and oxygen atoms in total. The summed E-state index contributed by atoms with van der Waals surface area (Å²) >= 11 is 3.35. The largest absolute Gasteiger partial charge is 0.397 e. The van der Waals surface area contributed by atoms with Gasteiger partial charge in [-0.05, 0) is 28.1 Å². The molecule has 2 aromatic rings. The highest BCUT2D eigenvalue weighted by Crippen LogP contribution is 2.24. The Kier molecular flexibility index (Phi) is 3.73. The number of hydrogen-bond donors (Lipinski definition) is 1. The first-order valence-corrected chi connectivity index (χ1v) is 7.35. The summed E-state index contributed by atoms with van der Waals surface area (Å²) in [6, 6.07) is 8.00. The summed E-state index contributed by atoms with van der Waals surface area (Å²) in [6.07, 6.45) is 3.56. The van der Waals surface area contributed by atoms with Crippen molar-refractivity contribution in [3.8, 4) is 0 Å². The molecule has 0 unspecified atom stereocenters. The lowest BCUT2D eigenvalue weighted by molar-refractivity contribution is 0.640. The van der Waals surface area contributed by atoms with Crippen molar-refractivity contribution in [2.75, 3.05) is 41.7 Å². The number of nitrogen functional groups attached to an aromatic ring is 1. The van der Waals surface area contributed by atoms with E-state index in [0.717, 1.165) is 48.0 Å². The molecule has 0 saturated carbocycles. The molecule has 1 fully saturated rings. The van der Waals surface area contributed by atoms with E-state index in [9.17, 15) is 0 Å². The van der Waals surface area contributed by atoms with Crippen LogP contribution in [-0.4, -0.2) is 36.1 Å². The number of nitrogens with zero attached hydrogens (tertiary/aromatic N) is 4. The first kappa shape index (κ1) is 13.2. The fourth-order valence-corrected chi connectivity index (χ4v) is 2.60. The zero-order valence-electron chi connectivity index (χ0n) is 11.0. The van der Waals surface area contributed by atoms with Crippen LogP contribution in [0.1, 0.15) is 0 Å². The number of piperazine rings is 1. The van der Waals surface area contributed by atoms with E-state index in [2.05, 4.69) is 41.8 Å². The summed E-state index contributed by atoms with van der Waals surface area (Å²) in [5.41, 5.74) is 7.98. The summed E-state index contributed by atoms with van der Waals surface area (Å²) in [4.78, 5) is 13.2. The number of aromatic nitrogens is 2. The highest BCUT2D eigenvalue weighted by atomic mass is 79.9. The molecular weight excluding hydrogens is 318 g/mol. The van der Waals surface area contributed by atoms with Gasteiger partial charge in [0.1, 0.15) is 0 Å². The van der Waals surface area contributed by atoms with Crippen molar-refractivity contribution in [3.63, 3.8) is 0 Å². The van der Waals surface area contributed by atoms with Gasteiger partial charge in [0, 0.05) is 38.6 Å². The van der Waals surface area contributed by atoms with Crippen LogP contribution in [0.4, 0.5) is 17.3 Å². The molecule has 1 aromatic carbocycles. The average molecular weight is 334 g/mol. The minimum absolute atomic E-state index is 0.786. The Morgan fingerprint density at radius 3 is 2.20 bits per heavy atom. The third-order valence-corrected chi connectivity index (χ3v) is 3.86. The van der Waals surface area contributed by atoms with E-state index in [1.54, 1.807) is 12.4 Å². The molecule has 6 heteroatoms. The fourth-order valence-electron chi connectivity index (χ4n) is 2.39. The topological polar surface area (TPSA) is 58.3 Å². The van der Waals surface area contributed by atoms with Crippen molar-refractivity contribution in [2.45, 2.75) is 0 Å². The van der Waals surface area contributed by atoms with E-state index in [-0.39, 0.29) is 0 Å². The molecule has 1 saturated heterocycles. The molecule has 2 N–H and O–H groups in total. The van der Waals surface area contributed by atoms with Crippen LogP contribution in [0.5, 0.6) is 0 Å². The summed E-state index contributed by atoms with van der Waals surface area (Å²) in [6.45, 7) is 3.65. The second-order valence-electron chi connectivity index (χ2n) is 4.73. The van der Waals surface area contributed by atoms with Crippen molar-refractivity contribution in [1.29, 1.82) is 0 Å². The SMILES string of the molecule is Nc1ccccc1N1CCN(c2ncc(Br)cn2)CC1. The predicted octanol–water partition coefficient (Wildman–Crippen LogP) is 2.15. The predicted molar refractivity (Wildman–Crippen MR) is 85.0 cm³/mol. The van der Waals surface area contributed by atoms with E-state index < -0.39 is 0 Å². The lowest BCUT2D eigenvalue weighted by Gasteiger charge is -2.36. The van der Waals surface area contributed by atoms with Crippen molar-refractivity contribution in [2.24, 2.45) is 0 Å². The maximum Gasteiger partial charge on any atom is 0.225 e. The van der Waals surface area contributed by atoms with Gasteiger partial charge in [-0.25, -0.2) is 9.97 Å². The first-order valence-electron chi connectivity index (χ1n) is 6.56. The molecule has 0 amide bonds. The maximum atomic E-state index is 6.03. The monoisotopic (exact) mass is 333 g/mol. The van der Waals surface area contributed by atoms with Crippen LogP contribution in [0.15, 0.2) is 41.1 Å². The lowest BCUT2D eigenvalue weighted by atomic mass is 10.2. The third kappa shape index (κ3) is 2.70. The maximum absolute atomic E-state index is 6.03. The second kappa shape index (κ2) is 5.66. The highest BCUT2D eigenvalue weighted by Gasteiger charge is 2.20. The number of anilines is 3. The van der Waals surface area contributed by atoms with Crippen LogP contribution in [0.3, 0.4) is 0 Å². The van der Waals surface area contributed by atoms with E-state index >= 15 is 0 Å². The number of halogens is 1. The third-order valence-electron chi connectivity index (χ3n) is 3.45. The van der Waals surface area contributed by atoms with Crippen LogP contribution in [0, 0.1) is 0 Å². The second-order valence-corrected chi connectivity index (χ2v) is 5.65. The van der Waals surface area contributed by atoms with Crippen LogP contribution in [-0.2, 0) is 0 Å². The van der Waals surface area contributed by atoms with Gasteiger partial charge in [-0.2, -0.15) is 0 Å². The minimum atomic E-state index is 0.786. The normalized spacial score (nSPS) is 15.4. The summed E-state index contributed by atoms with van der Waals surface area (Å²) in [7, 11) is 0. The first-order chi connectivity index (χ1) is 9.74. The van der Waals surface area contributed by atoms with Gasteiger partial charge < -0.3 is 15.5 Å². The molecule has 3 rings (SSSR count). The van der Waals surface area contributed by atoms with E-state index in [1.807, 2.05) is 18.2 Å². The Bertz CT molecular complexity index is 578. The van der Waals surface area contributed by atoms with Crippen molar-refractivity contribution in [1.82, 2.24) is 9.97 Å². The van der Waals surface area contributed by atoms with E-state index in [0.29, 0.717) is 0 Å². The van der Waals surface area contributed by atoms with E-state index in [1.165, 1.54) is 0 Å². The van der Waals surface area contributed by atoms with Gasteiger partial charge in [-0.3, -0.25) is 0 Å². The fraction of sp³-hybridized carbons (Fsp3) is 0.286. The molecule has 0 spiro atoms. The molecule has 104 valence electrons. The van der Waals surface area contributed by atoms with Crippen molar-refractivity contribution in [3.05, 3.63) is 41.1 Å². The zero-order valence-corrected chi connectivity index (χ0v) is 12.6. The average Bonchev–Trinajstić information content (AvgIpc) is 2.49. The summed E-state index contributed by atoms with van der Waals surface area (Å²) in [5, 5.41) is 0. The molecule has 0 atom stereocenters. The van der Waals surface area contributed by atoms with Gasteiger partial charge in [0.25, 0.3) is 0 Å². The van der Waals surface area contributed by atoms with Gasteiger partial charge in [0.2, 0.25) is 5.95 Å². The van der Waals surface area contributed by atoms with Crippen LogP contribution < -0.4 is 15.5 Å². The molecule has 2 heterocycles. The van der Waals surface area contributed by atoms with Gasteiger partial charge in [-0.15, -0.1) is 0 Å². The summed E-state index contributed by atoms with van der Waals surface area (Å²) < 4.78 is 0.900. The Hall–Kier alpha value is -1.82. The Labute approximate surface area is 126 Å². The van der Waals surface area contributed by atoms with Crippen LogP contribution >= 0.6 is 15.9 Å². The van der Waals surface area contributed by atoms with Gasteiger partial charge in [0.05, 0.1) is 15.8 Å². The summed E-state index contributed by atoms with van der Waals surface area (Å²) in [5.74, 6) is 0.786. The molecule has 0 aliphatic carbocycles. The van der Waals surface area contributed by atoms with E-state index in [4.69, 9.17) is 5.73 Å². The number of rotatable bonds is 2. The Morgan fingerprint density at radius 2 is 1.55 bits per heavy atom. The smallest absolute Gasteiger partial charge is 0.225 e. The van der Waals surface area contributed by atoms with Crippen molar-refractivity contribution >= 4 is 33.3 Å². The molecule has 1 aliphatic heterocycles. The van der Waals surface area contributed by atoms with Crippen molar-refractivity contribution < 1.29 is 0 Å². The standard InChI is InChI=1S/C14H16BrN5/c15-11-9-17-14(18-10-11)20-7-5-19(6-8-20)13-4-2-1-3-12(13)16/h1-4,9-10H,5-8,16H2. The number of nitrogens with two attached hydrogens (primary N) is 1. The molecule has 1 aromatic heterocycles. The zero-order chi connectivity index (χ0) is 13.9. The number of hydrogen-bond acceptors (Lipinski definition) is 5. The molecule has 0 bridgehead atoms. The van der Waals surface area contributed by atoms with Gasteiger partial charge in [0.15, 0.2) is 0 Å². The quantitative estimate of drug-likeness (QED) is 0.853. The molecule has 20 heavy (non-hydrogen) atoms. The minimum Gasteiger partial charge on any atom is -0.397 e. The highest BCUT2D eigenvalue weighted by molar-refractivity contribution is 9.10. The molecule has 1 aliphatic rings. The van der Waals surface area contributed by atoms with Gasteiger partial charge in [-0.1, -0.05) is 12.1 Å². The van der Waals surface area contributed by atoms with Crippen LogP contribution in [0.25, 0.3) is 0 Å². The molecular formula is C14H16BrN5. The van der Waals surface area contributed by atoms with Crippen LogP contribution in [0.2, 0.25) is 0 Å². The van der Waals surface area contributed by atoms with Gasteiger partial charge >= 0.3 is 0 Å². The molecule has 0 radical (unpaired) electrons.